The molecule has 0 bridgehead atoms. The van der Waals surface area contributed by atoms with Crippen molar-refractivity contribution >= 4 is 28.5 Å². The summed E-state index contributed by atoms with van der Waals surface area (Å²) in [5.74, 6) is 1.70. The second kappa shape index (κ2) is 5.21. The highest BCUT2D eigenvalue weighted by atomic mass is 35.5. The van der Waals surface area contributed by atoms with E-state index >= 15 is 0 Å². The van der Waals surface area contributed by atoms with Crippen LogP contribution in [0.3, 0.4) is 0 Å². The summed E-state index contributed by atoms with van der Waals surface area (Å²) in [6.45, 7) is 0.776. The Balaban J connectivity index is 1.95. The first kappa shape index (κ1) is 12.5. The van der Waals surface area contributed by atoms with Crippen LogP contribution in [-0.2, 0) is 17.8 Å². The van der Waals surface area contributed by atoms with Crippen LogP contribution >= 0.6 is 11.6 Å². The first-order valence-corrected chi connectivity index (χ1v) is 7.11. The number of alkyl halides is 1. The third kappa shape index (κ3) is 2.45. The Labute approximate surface area is 116 Å². The van der Waals surface area contributed by atoms with Crippen LogP contribution in [0.5, 0.6) is 0 Å². The van der Waals surface area contributed by atoms with E-state index in [-0.39, 0.29) is 11.9 Å². The predicted octanol–water partition coefficient (Wildman–Crippen LogP) is 2.10. The Morgan fingerprint density at radius 1 is 1.42 bits per heavy atom. The number of hydrogen-bond acceptors (Lipinski definition) is 2. The van der Waals surface area contributed by atoms with Crippen LogP contribution in [0.25, 0.3) is 11.0 Å². The Kier molecular flexibility index (Phi) is 3.42. The van der Waals surface area contributed by atoms with Crippen molar-refractivity contribution < 1.29 is 4.79 Å². The minimum Gasteiger partial charge on any atom is -0.352 e. The quantitative estimate of drug-likeness (QED) is 0.870. The minimum absolute atomic E-state index is 0.147. The van der Waals surface area contributed by atoms with Gasteiger partial charge < -0.3 is 9.88 Å². The molecule has 1 fully saturated rings. The molecule has 1 aromatic carbocycles. The molecule has 1 atom stereocenters. The molecular formula is C14H16ClN3O. The number of aromatic nitrogens is 2. The molecule has 1 aromatic heterocycles. The van der Waals surface area contributed by atoms with Crippen LogP contribution in [0.4, 0.5) is 0 Å². The fraction of sp³-hybridized carbons (Fsp3) is 0.429. The highest BCUT2D eigenvalue weighted by Crippen LogP contribution is 2.19. The largest absolute Gasteiger partial charge is 0.352 e. The standard InChI is InChI=1S/C14H16ClN3O/c15-8-7-13-17-11-3-1-2-4-12(11)18(13)9-10-5-6-14(19)16-10/h1-4,10H,5-9H2,(H,16,19). The smallest absolute Gasteiger partial charge is 0.220 e. The Bertz CT molecular complexity index is 608. The maximum absolute atomic E-state index is 11.3. The molecule has 1 saturated heterocycles. The van der Waals surface area contributed by atoms with Crippen molar-refractivity contribution in [1.82, 2.24) is 14.9 Å². The zero-order valence-corrected chi connectivity index (χ0v) is 11.4. The molecule has 1 aliphatic heterocycles. The van der Waals surface area contributed by atoms with E-state index in [0.717, 1.165) is 36.2 Å². The van der Waals surface area contributed by atoms with Crippen LogP contribution in [0.1, 0.15) is 18.7 Å². The molecular weight excluding hydrogens is 262 g/mol. The van der Waals surface area contributed by atoms with Gasteiger partial charge in [0.25, 0.3) is 0 Å². The van der Waals surface area contributed by atoms with Crippen LogP contribution in [0.15, 0.2) is 24.3 Å². The summed E-state index contributed by atoms with van der Waals surface area (Å²) < 4.78 is 2.19. The predicted molar refractivity (Wildman–Crippen MR) is 75.3 cm³/mol. The monoisotopic (exact) mass is 277 g/mol. The maximum Gasteiger partial charge on any atom is 0.220 e. The highest BCUT2D eigenvalue weighted by Gasteiger charge is 2.22. The van der Waals surface area contributed by atoms with Gasteiger partial charge in [0.15, 0.2) is 0 Å². The average molecular weight is 278 g/mol. The lowest BCUT2D eigenvalue weighted by Crippen LogP contribution is -2.30. The minimum atomic E-state index is 0.147. The van der Waals surface area contributed by atoms with Gasteiger partial charge in [0, 0.05) is 31.3 Å². The van der Waals surface area contributed by atoms with E-state index in [1.54, 1.807) is 0 Å². The van der Waals surface area contributed by atoms with E-state index in [2.05, 4.69) is 20.9 Å². The fourth-order valence-corrected chi connectivity index (χ4v) is 2.81. The molecule has 100 valence electrons. The van der Waals surface area contributed by atoms with Crippen molar-refractivity contribution in [3.05, 3.63) is 30.1 Å². The van der Waals surface area contributed by atoms with Gasteiger partial charge in [0.2, 0.25) is 5.91 Å². The molecule has 19 heavy (non-hydrogen) atoms. The summed E-state index contributed by atoms with van der Waals surface area (Å²) >= 11 is 5.85. The Morgan fingerprint density at radius 3 is 3.00 bits per heavy atom. The number of rotatable bonds is 4. The van der Waals surface area contributed by atoms with Gasteiger partial charge in [-0.25, -0.2) is 4.98 Å². The summed E-state index contributed by atoms with van der Waals surface area (Å²) in [7, 11) is 0. The van der Waals surface area contributed by atoms with E-state index in [1.807, 2.05) is 18.2 Å². The lowest BCUT2D eigenvalue weighted by Gasteiger charge is -2.14. The summed E-state index contributed by atoms with van der Waals surface area (Å²) in [6, 6.07) is 8.28. The molecule has 0 saturated carbocycles. The van der Waals surface area contributed by atoms with Gasteiger partial charge in [0.05, 0.1) is 11.0 Å². The molecule has 1 amide bonds. The highest BCUT2D eigenvalue weighted by molar-refractivity contribution is 6.17. The van der Waals surface area contributed by atoms with Gasteiger partial charge in [-0.2, -0.15) is 0 Å². The van der Waals surface area contributed by atoms with Crippen molar-refractivity contribution in [3.8, 4) is 0 Å². The van der Waals surface area contributed by atoms with Gasteiger partial charge in [-0.1, -0.05) is 12.1 Å². The van der Waals surface area contributed by atoms with E-state index in [0.29, 0.717) is 12.3 Å². The summed E-state index contributed by atoms with van der Waals surface area (Å²) in [5.41, 5.74) is 2.11. The van der Waals surface area contributed by atoms with E-state index < -0.39 is 0 Å². The zero-order chi connectivity index (χ0) is 13.2. The molecule has 1 aliphatic rings. The number of hydrogen-bond donors (Lipinski definition) is 1. The third-order valence-electron chi connectivity index (χ3n) is 3.54. The number of fused-ring (bicyclic) bond motifs is 1. The molecule has 3 rings (SSSR count). The SMILES string of the molecule is O=C1CCC(Cn2c(CCCl)nc3ccccc32)N1. The molecule has 2 aromatic rings. The molecule has 1 unspecified atom stereocenters. The lowest BCUT2D eigenvalue weighted by molar-refractivity contribution is -0.119. The normalized spacial score (nSPS) is 19.0. The van der Waals surface area contributed by atoms with Crippen molar-refractivity contribution in [2.24, 2.45) is 0 Å². The molecule has 0 spiro atoms. The van der Waals surface area contributed by atoms with Crippen molar-refractivity contribution in [2.45, 2.75) is 31.8 Å². The lowest BCUT2D eigenvalue weighted by atomic mass is 10.2. The zero-order valence-electron chi connectivity index (χ0n) is 10.6. The van der Waals surface area contributed by atoms with Crippen LogP contribution < -0.4 is 5.32 Å². The van der Waals surface area contributed by atoms with Gasteiger partial charge in [-0.05, 0) is 18.6 Å². The number of benzene rings is 1. The number of halogens is 1. The number of carbonyl (C=O) groups excluding carboxylic acids is 1. The van der Waals surface area contributed by atoms with E-state index in [1.165, 1.54) is 0 Å². The molecule has 2 heterocycles. The van der Waals surface area contributed by atoms with E-state index in [9.17, 15) is 4.79 Å². The number of para-hydroxylation sites is 2. The first-order valence-electron chi connectivity index (χ1n) is 6.57. The maximum atomic E-state index is 11.3. The van der Waals surface area contributed by atoms with Gasteiger partial charge in [-0.3, -0.25) is 4.79 Å². The first-order chi connectivity index (χ1) is 9.28. The van der Waals surface area contributed by atoms with Crippen molar-refractivity contribution in [2.75, 3.05) is 5.88 Å². The Hall–Kier alpha value is -1.55. The van der Waals surface area contributed by atoms with Gasteiger partial charge >= 0.3 is 0 Å². The Morgan fingerprint density at radius 2 is 2.26 bits per heavy atom. The summed E-state index contributed by atoms with van der Waals surface area (Å²) in [4.78, 5) is 15.9. The summed E-state index contributed by atoms with van der Waals surface area (Å²) in [6.07, 6.45) is 2.27. The summed E-state index contributed by atoms with van der Waals surface area (Å²) in [5, 5.41) is 3.01. The molecule has 0 radical (unpaired) electrons. The molecule has 4 nitrogen and oxygen atoms in total. The van der Waals surface area contributed by atoms with Gasteiger partial charge in [-0.15, -0.1) is 11.6 Å². The molecule has 1 N–H and O–H groups in total. The second-order valence-electron chi connectivity index (χ2n) is 4.87. The van der Waals surface area contributed by atoms with Crippen molar-refractivity contribution in [1.29, 1.82) is 0 Å². The van der Waals surface area contributed by atoms with Gasteiger partial charge in [0.1, 0.15) is 5.82 Å². The average Bonchev–Trinajstić information content (AvgIpc) is 2.96. The second-order valence-corrected chi connectivity index (χ2v) is 5.25. The van der Waals surface area contributed by atoms with Crippen LogP contribution in [0.2, 0.25) is 0 Å². The number of carbonyl (C=O) groups is 1. The van der Waals surface area contributed by atoms with Crippen LogP contribution in [-0.4, -0.2) is 27.4 Å². The number of amides is 1. The fourth-order valence-electron chi connectivity index (χ4n) is 2.64. The third-order valence-corrected chi connectivity index (χ3v) is 3.73. The van der Waals surface area contributed by atoms with Crippen LogP contribution in [0, 0.1) is 0 Å². The molecule has 0 aliphatic carbocycles. The number of nitrogens with zero attached hydrogens (tertiary/aromatic N) is 2. The molecule has 5 heteroatoms. The topological polar surface area (TPSA) is 46.9 Å². The van der Waals surface area contributed by atoms with Crippen molar-refractivity contribution in [3.63, 3.8) is 0 Å². The number of imidazole rings is 1. The number of nitrogens with one attached hydrogen (secondary N) is 1. The van der Waals surface area contributed by atoms with E-state index in [4.69, 9.17) is 11.6 Å². The number of aryl methyl sites for hydroxylation is 1.